The zero-order chi connectivity index (χ0) is 36.4. The molecule has 0 aliphatic rings. The number of hydrogen-bond donors (Lipinski definition) is 3. The molecule has 4 heteroatoms. The van der Waals surface area contributed by atoms with Gasteiger partial charge in [0, 0.05) is 6.42 Å². The highest BCUT2D eigenvalue weighted by Gasteiger charge is 2.19. The third-order valence-corrected chi connectivity index (χ3v) is 9.54. The number of aliphatic hydroxyl groups is 2. The monoisotopic (exact) mass is 698 g/mol. The van der Waals surface area contributed by atoms with Crippen molar-refractivity contribution in [1.29, 1.82) is 0 Å². The van der Waals surface area contributed by atoms with Crippen LogP contribution in [0.1, 0.15) is 206 Å². The van der Waals surface area contributed by atoms with Gasteiger partial charge in [-0.05, 0) is 57.8 Å². The van der Waals surface area contributed by atoms with Crippen molar-refractivity contribution in [3.8, 4) is 0 Å². The molecule has 0 rings (SSSR count). The molecule has 0 radical (unpaired) electrons. The molecule has 1 amide bonds. The summed E-state index contributed by atoms with van der Waals surface area (Å²) in [5, 5.41) is 23.1. The lowest BCUT2D eigenvalue weighted by molar-refractivity contribution is -0.123. The zero-order valence-corrected chi connectivity index (χ0v) is 33.2. The molecular weight excluding hydrogens is 615 g/mol. The van der Waals surface area contributed by atoms with Crippen molar-refractivity contribution in [3.05, 3.63) is 60.8 Å². The van der Waals surface area contributed by atoms with Crippen LogP contribution in [0.25, 0.3) is 0 Å². The maximum Gasteiger partial charge on any atom is 0.220 e. The van der Waals surface area contributed by atoms with Gasteiger partial charge in [0.15, 0.2) is 0 Å². The summed E-state index contributed by atoms with van der Waals surface area (Å²) in [6, 6.07) is -0.541. The Bertz CT molecular complexity index is 842. The standard InChI is InChI=1S/C46H83NO3/c1-3-5-7-9-11-13-15-17-18-19-20-21-22-23-24-25-26-27-28-30-32-34-36-38-40-42-46(50)47-44(43-48)45(49)41-39-37-35-33-31-29-16-14-12-10-8-6-4-2/h5,7,11,13,17-18,20-21,23-24,44-45,48-49H,3-4,6,8-10,12,14-16,19,22,25-43H2,1-2H3,(H,47,50)/b7-5-,13-11-,18-17-,21-20-,24-23-. The fourth-order valence-electron chi connectivity index (χ4n) is 6.27. The van der Waals surface area contributed by atoms with Gasteiger partial charge in [0.1, 0.15) is 0 Å². The number of amides is 1. The summed E-state index contributed by atoms with van der Waals surface area (Å²) >= 11 is 0. The van der Waals surface area contributed by atoms with E-state index in [-0.39, 0.29) is 12.5 Å². The van der Waals surface area contributed by atoms with E-state index in [9.17, 15) is 15.0 Å². The number of rotatable bonds is 38. The third kappa shape index (κ3) is 37.3. The maximum atomic E-state index is 12.4. The van der Waals surface area contributed by atoms with Crippen molar-refractivity contribution >= 4 is 5.91 Å². The number of carbonyl (C=O) groups excluding carboxylic acids is 1. The predicted octanol–water partition coefficient (Wildman–Crippen LogP) is 13.3. The molecule has 0 spiro atoms. The van der Waals surface area contributed by atoms with E-state index < -0.39 is 12.1 Å². The smallest absolute Gasteiger partial charge is 0.220 e. The van der Waals surface area contributed by atoms with Crippen LogP contribution < -0.4 is 5.32 Å². The van der Waals surface area contributed by atoms with E-state index in [1.807, 2.05) is 0 Å². The number of aliphatic hydroxyl groups excluding tert-OH is 2. The normalized spacial score (nSPS) is 13.6. The number of allylic oxidation sites excluding steroid dienone is 10. The summed E-state index contributed by atoms with van der Waals surface area (Å²) in [6.07, 6.45) is 57.2. The molecule has 0 aromatic rings. The molecule has 0 heterocycles. The van der Waals surface area contributed by atoms with Crippen LogP contribution in [0, 0.1) is 0 Å². The van der Waals surface area contributed by atoms with Gasteiger partial charge in [0.2, 0.25) is 5.91 Å². The van der Waals surface area contributed by atoms with E-state index in [4.69, 9.17) is 0 Å². The van der Waals surface area contributed by atoms with Crippen molar-refractivity contribution in [2.45, 2.75) is 219 Å². The quantitative estimate of drug-likeness (QED) is 0.0444. The topological polar surface area (TPSA) is 69.6 Å². The van der Waals surface area contributed by atoms with Crippen molar-refractivity contribution in [3.63, 3.8) is 0 Å². The number of hydrogen-bond acceptors (Lipinski definition) is 3. The molecular formula is C46H83NO3. The van der Waals surface area contributed by atoms with E-state index in [2.05, 4.69) is 79.9 Å². The average molecular weight is 698 g/mol. The lowest BCUT2D eigenvalue weighted by atomic mass is 10.0. The van der Waals surface area contributed by atoms with Crippen molar-refractivity contribution in [1.82, 2.24) is 5.32 Å². The minimum Gasteiger partial charge on any atom is -0.394 e. The van der Waals surface area contributed by atoms with Gasteiger partial charge in [-0.1, -0.05) is 203 Å². The first-order valence-corrected chi connectivity index (χ1v) is 21.5. The molecule has 0 bridgehead atoms. The van der Waals surface area contributed by atoms with E-state index in [0.717, 1.165) is 57.8 Å². The number of unbranched alkanes of at least 4 members (excludes halogenated alkanes) is 21. The molecule has 0 aromatic carbocycles. The van der Waals surface area contributed by atoms with Crippen LogP contribution in [0.5, 0.6) is 0 Å². The highest BCUT2D eigenvalue weighted by Crippen LogP contribution is 2.15. The van der Waals surface area contributed by atoms with Crippen LogP contribution >= 0.6 is 0 Å². The van der Waals surface area contributed by atoms with Crippen molar-refractivity contribution in [2.24, 2.45) is 0 Å². The molecule has 0 fully saturated rings. The van der Waals surface area contributed by atoms with E-state index >= 15 is 0 Å². The van der Waals surface area contributed by atoms with Gasteiger partial charge in [-0.25, -0.2) is 0 Å². The molecule has 2 unspecified atom stereocenters. The minimum atomic E-state index is -0.663. The summed E-state index contributed by atoms with van der Waals surface area (Å²) in [7, 11) is 0. The summed E-state index contributed by atoms with van der Waals surface area (Å²) in [4.78, 5) is 12.4. The Labute approximate surface area is 311 Å². The number of carbonyl (C=O) groups is 1. The molecule has 0 aliphatic heterocycles. The van der Waals surface area contributed by atoms with E-state index in [1.54, 1.807) is 0 Å². The molecule has 0 saturated carbocycles. The molecule has 4 nitrogen and oxygen atoms in total. The summed E-state index contributed by atoms with van der Waals surface area (Å²) in [6.45, 7) is 4.23. The molecule has 50 heavy (non-hydrogen) atoms. The fourth-order valence-corrected chi connectivity index (χ4v) is 6.27. The molecule has 2 atom stereocenters. The Balaban J connectivity index is 3.56. The Morgan fingerprint density at radius 2 is 0.880 bits per heavy atom. The fraction of sp³-hybridized carbons (Fsp3) is 0.761. The van der Waals surface area contributed by atoms with Crippen molar-refractivity contribution in [2.75, 3.05) is 6.61 Å². The first-order valence-electron chi connectivity index (χ1n) is 21.5. The second-order valence-corrected chi connectivity index (χ2v) is 14.4. The Morgan fingerprint density at radius 1 is 0.500 bits per heavy atom. The number of nitrogens with one attached hydrogen (secondary N) is 1. The highest BCUT2D eigenvalue weighted by atomic mass is 16.3. The first-order chi connectivity index (χ1) is 24.7. The Kier molecular flexibility index (Phi) is 39.9. The van der Waals surface area contributed by atoms with Crippen LogP contribution in [-0.2, 0) is 4.79 Å². The van der Waals surface area contributed by atoms with Crippen LogP contribution in [0.3, 0.4) is 0 Å². The van der Waals surface area contributed by atoms with Gasteiger partial charge in [-0.2, -0.15) is 0 Å². The SMILES string of the molecule is CC/C=C\C/C=C\C/C=C\C/C=C\C/C=C\CCCCCCCCCCCC(=O)NC(CO)C(O)CCCCCCCCCCCCCCC. The van der Waals surface area contributed by atoms with Crippen LogP contribution in [0.4, 0.5) is 0 Å². The van der Waals surface area contributed by atoms with Gasteiger partial charge >= 0.3 is 0 Å². The van der Waals surface area contributed by atoms with Gasteiger partial charge in [0.05, 0.1) is 18.8 Å². The predicted molar refractivity (Wildman–Crippen MR) is 221 cm³/mol. The maximum absolute atomic E-state index is 12.4. The molecule has 0 aliphatic carbocycles. The van der Waals surface area contributed by atoms with Crippen molar-refractivity contribution < 1.29 is 15.0 Å². The molecule has 3 N–H and O–H groups in total. The summed E-state index contributed by atoms with van der Waals surface area (Å²) < 4.78 is 0. The zero-order valence-electron chi connectivity index (χ0n) is 33.2. The molecule has 290 valence electrons. The van der Waals surface area contributed by atoms with Gasteiger partial charge < -0.3 is 15.5 Å². The summed E-state index contributed by atoms with van der Waals surface area (Å²) in [5.41, 5.74) is 0. The van der Waals surface area contributed by atoms with Gasteiger partial charge in [0.25, 0.3) is 0 Å². The van der Waals surface area contributed by atoms with Crippen LogP contribution in [0.2, 0.25) is 0 Å². The van der Waals surface area contributed by atoms with Gasteiger partial charge in [-0.15, -0.1) is 0 Å². The first kappa shape index (κ1) is 48.1. The van der Waals surface area contributed by atoms with Gasteiger partial charge in [-0.3, -0.25) is 4.79 Å². The largest absolute Gasteiger partial charge is 0.394 e. The Hall–Kier alpha value is -1.91. The lowest BCUT2D eigenvalue weighted by Crippen LogP contribution is -2.45. The van der Waals surface area contributed by atoms with Crippen LogP contribution in [-0.4, -0.2) is 34.9 Å². The highest BCUT2D eigenvalue weighted by molar-refractivity contribution is 5.76. The second kappa shape index (κ2) is 41.5. The molecule has 0 saturated heterocycles. The second-order valence-electron chi connectivity index (χ2n) is 14.4. The minimum absolute atomic E-state index is 0.0408. The molecule has 0 aromatic heterocycles. The van der Waals surface area contributed by atoms with E-state index in [1.165, 1.54) is 122 Å². The third-order valence-electron chi connectivity index (χ3n) is 9.54. The lowest BCUT2D eigenvalue weighted by Gasteiger charge is -2.22. The summed E-state index contributed by atoms with van der Waals surface area (Å²) in [5.74, 6) is -0.0408. The Morgan fingerprint density at radius 3 is 1.32 bits per heavy atom. The van der Waals surface area contributed by atoms with Crippen LogP contribution in [0.15, 0.2) is 60.8 Å². The average Bonchev–Trinajstić information content (AvgIpc) is 3.12. The van der Waals surface area contributed by atoms with E-state index in [0.29, 0.717) is 12.8 Å².